The predicted octanol–water partition coefficient (Wildman–Crippen LogP) is 5.71. The summed E-state index contributed by atoms with van der Waals surface area (Å²) in [4.78, 5) is 2.03. The third kappa shape index (κ3) is 3.05. The van der Waals surface area contributed by atoms with E-state index in [0.717, 1.165) is 17.7 Å². The molecular weight excluding hydrogens is 324 g/mol. The van der Waals surface area contributed by atoms with Gasteiger partial charge in [0.05, 0.1) is 10.1 Å². The molecule has 1 unspecified atom stereocenters. The zero-order chi connectivity index (χ0) is 14.2. The quantitative estimate of drug-likeness (QED) is 0.669. The van der Waals surface area contributed by atoms with E-state index in [2.05, 4.69) is 0 Å². The molecule has 0 amide bonds. The highest BCUT2D eigenvalue weighted by atomic mass is 35.5. The average molecular weight is 337 g/mol. The fraction of sp³-hybridized carbons (Fsp3) is 0.286. The smallest absolute Gasteiger partial charge is 0.0740 e. The molecule has 5 heteroatoms. The second-order valence-corrected chi connectivity index (χ2v) is 6.23. The van der Waals surface area contributed by atoms with E-state index in [0.29, 0.717) is 20.1 Å². The molecule has 1 aromatic carbocycles. The molecule has 0 bridgehead atoms. The van der Waals surface area contributed by atoms with Gasteiger partial charge in [-0.15, -0.1) is 0 Å². The van der Waals surface area contributed by atoms with Crippen LogP contribution in [-0.2, 0) is 0 Å². The zero-order valence-electron chi connectivity index (χ0n) is 10.6. The molecule has 0 saturated heterocycles. The summed E-state index contributed by atoms with van der Waals surface area (Å²) < 4.78 is 0. The first-order chi connectivity index (χ1) is 8.91. The maximum Gasteiger partial charge on any atom is 0.0740 e. The van der Waals surface area contributed by atoms with E-state index >= 15 is 0 Å². The summed E-state index contributed by atoms with van der Waals surface area (Å²) in [5.41, 5.74) is 2.13. The van der Waals surface area contributed by atoms with Crippen LogP contribution in [0.5, 0.6) is 0 Å². The van der Waals surface area contributed by atoms with Crippen LogP contribution < -0.4 is 4.90 Å². The molecule has 1 aliphatic carbocycles. The summed E-state index contributed by atoms with van der Waals surface area (Å²) in [7, 11) is 3.97. The van der Waals surface area contributed by atoms with Crippen LogP contribution in [0, 0.1) is 0 Å². The van der Waals surface area contributed by atoms with E-state index < -0.39 is 0 Å². The van der Waals surface area contributed by atoms with Crippen molar-refractivity contribution >= 4 is 52.1 Å². The fourth-order valence-electron chi connectivity index (χ4n) is 2.16. The van der Waals surface area contributed by atoms with Crippen molar-refractivity contribution < 1.29 is 0 Å². The lowest BCUT2D eigenvalue weighted by Gasteiger charge is -2.26. The van der Waals surface area contributed by atoms with Gasteiger partial charge in [0.15, 0.2) is 0 Å². The molecule has 0 spiro atoms. The van der Waals surface area contributed by atoms with Crippen LogP contribution in [0.4, 0.5) is 5.69 Å². The fourth-order valence-corrected chi connectivity index (χ4v) is 3.09. The predicted molar refractivity (Wildman–Crippen MR) is 85.8 cm³/mol. The van der Waals surface area contributed by atoms with Gasteiger partial charge in [-0.1, -0.05) is 52.5 Å². The topological polar surface area (TPSA) is 3.24 Å². The van der Waals surface area contributed by atoms with Crippen molar-refractivity contribution in [2.75, 3.05) is 19.0 Å². The van der Waals surface area contributed by atoms with Gasteiger partial charge in [-0.05, 0) is 30.2 Å². The highest BCUT2D eigenvalue weighted by Gasteiger charge is 2.25. The Balaban J connectivity index is 2.51. The normalized spacial score (nSPS) is 19.5. The van der Waals surface area contributed by atoms with Crippen LogP contribution in [0.15, 0.2) is 39.4 Å². The molecule has 0 aliphatic heterocycles. The lowest BCUT2D eigenvalue weighted by molar-refractivity contribution is 0.827. The molecule has 1 aromatic rings. The Morgan fingerprint density at radius 2 is 1.79 bits per heavy atom. The van der Waals surface area contributed by atoms with Crippen LogP contribution in [0.2, 0.25) is 5.02 Å². The number of halogens is 4. The summed E-state index contributed by atoms with van der Waals surface area (Å²) in [6, 6.07) is 5.78. The van der Waals surface area contributed by atoms with Crippen molar-refractivity contribution in [1.82, 2.24) is 0 Å². The minimum Gasteiger partial charge on any atom is -0.377 e. The summed E-state index contributed by atoms with van der Waals surface area (Å²) in [5, 5.41) is 2.18. The molecule has 0 fully saturated rings. The van der Waals surface area contributed by atoms with Crippen LogP contribution in [-0.4, -0.2) is 14.1 Å². The molecule has 19 heavy (non-hydrogen) atoms. The minimum atomic E-state index is -0.00670. The maximum atomic E-state index is 6.35. The largest absolute Gasteiger partial charge is 0.377 e. The molecule has 0 saturated carbocycles. The lowest BCUT2D eigenvalue weighted by atomic mass is 9.90. The van der Waals surface area contributed by atoms with Gasteiger partial charge >= 0.3 is 0 Å². The number of anilines is 1. The molecule has 0 heterocycles. The van der Waals surface area contributed by atoms with Gasteiger partial charge in [0.25, 0.3) is 0 Å². The molecule has 1 atom stereocenters. The lowest BCUT2D eigenvalue weighted by Crippen LogP contribution is -2.14. The van der Waals surface area contributed by atoms with Gasteiger partial charge < -0.3 is 4.90 Å². The maximum absolute atomic E-state index is 6.35. The Morgan fingerprint density at radius 1 is 1.11 bits per heavy atom. The molecule has 0 radical (unpaired) electrons. The van der Waals surface area contributed by atoms with E-state index in [1.54, 1.807) is 0 Å². The first kappa shape index (κ1) is 15.1. The Morgan fingerprint density at radius 3 is 2.42 bits per heavy atom. The number of hydrogen-bond acceptors (Lipinski definition) is 1. The molecule has 102 valence electrons. The van der Waals surface area contributed by atoms with Gasteiger partial charge in [0.2, 0.25) is 0 Å². The van der Waals surface area contributed by atoms with E-state index in [4.69, 9.17) is 46.4 Å². The standard InChI is InChI=1S/C14H13Cl4N/c1-19(2)12-6-3-8(15)7-10(12)9-4-5-11(16)14(18)13(9)17/h3,5-7,9H,4H2,1-2H3. The Labute approximate surface area is 133 Å². The highest BCUT2D eigenvalue weighted by Crippen LogP contribution is 2.45. The van der Waals surface area contributed by atoms with Crippen molar-refractivity contribution in [2.24, 2.45) is 0 Å². The van der Waals surface area contributed by atoms with E-state index in [1.807, 2.05) is 43.3 Å². The second kappa shape index (κ2) is 5.97. The molecule has 0 N–H and O–H groups in total. The van der Waals surface area contributed by atoms with Crippen molar-refractivity contribution in [3.8, 4) is 0 Å². The van der Waals surface area contributed by atoms with Gasteiger partial charge in [-0.25, -0.2) is 0 Å². The second-order valence-electron chi connectivity index (χ2n) is 4.60. The molecule has 2 rings (SSSR count). The molecule has 0 aromatic heterocycles. The third-order valence-corrected chi connectivity index (χ3v) is 4.74. The monoisotopic (exact) mass is 335 g/mol. The number of nitrogens with zero attached hydrogens (tertiary/aromatic N) is 1. The summed E-state index contributed by atoms with van der Waals surface area (Å²) >= 11 is 24.6. The number of benzene rings is 1. The Hall–Kier alpha value is -0.340. The van der Waals surface area contributed by atoms with E-state index in [9.17, 15) is 0 Å². The van der Waals surface area contributed by atoms with E-state index in [1.165, 1.54) is 0 Å². The van der Waals surface area contributed by atoms with Gasteiger partial charge in [0.1, 0.15) is 0 Å². The van der Waals surface area contributed by atoms with Crippen LogP contribution >= 0.6 is 46.4 Å². The summed E-state index contributed by atoms with van der Waals surface area (Å²) in [5.74, 6) is -0.00670. The molecular formula is C14H13Cl4N. The van der Waals surface area contributed by atoms with E-state index in [-0.39, 0.29) is 5.92 Å². The first-order valence-corrected chi connectivity index (χ1v) is 7.31. The number of hydrogen-bond donors (Lipinski definition) is 0. The van der Waals surface area contributed by atoms with Gasteiger partial charge in [0, 0.05) is 35.8 Å². The van der Waals surface area contributed by atoms with Gasteiger partial charge in [-0.2, -0.15) is 0 Å². The number of allylic oxidation sites excluding steroid dienone is 4. The minimum absolute atomic E-state index is 0.00670. The average Bonchev–Trinajstić information content (AvgIpc) is 2.35. The Bertz CT molecular complexity index is 561. The third-order valence-electron chi connectivity index (χ3n) is 3.10. The SMILES string of the molecule is CN(C)c1ccc(Cl)cc1C1CC=C(Cl)C(Cl)=C1Cl. The summed E-state index contributed by atoms with van der Waals surface area (Å²) in [6.45, 7) is 0. The number of rotatable bonds is 2. The first-order valence-electron chi connectivity index (χ1n) is 5.79. The molecule has 1 nitrogen and oxygen atoms in total. The van der Waals surface area contributed by atoms with Gasteiger partial charge in [-0.3, -0.25) is 0 Å². The summed E-state index contributed by atoms with van der Waals surface area (Å²) in [6.07, 6.45) is 2.61. The van der Waals surface area contributed by atoms with Crippen molar-refractivity contribution in [2.45, 2.75) is 12.3 Å². The van der Waals surface area contributed by atoms with Crippen LogP contribution in [0.25, 0.3) is 0 Å². The molecule has 1 aliphatic rings. The zero-order valence-corrected chi connectivity index (χ0v) is 13.6. The highest BCUT2D eigenvalue weighted by molar-refractivity contribution is 6.48. The van der Waals surface area contributed by atoms with Crippen molar-refractivity contribution in [3.05, 3.63) is 50.0 Å². The Kier molecular flexibility index (Phi) is 4.73. The van der Waals surface area contributed by atoms with Crippen LogP contribution in [0.3, 0.4) is 0 Å². The van der Waals surface area contributed by atoms with Crippen molar-refractivity contribution in [1.29, 1.82) is 0 Å². The van der Waals surface area contributed by atoms with Crippen molar-refractivity contribution in [3.63, 3.8) is 0 Å². The van der Waals surface area contributed by atoms with Crippen LogP contribution in [0.1, 0.15) is 17.9 Å².